The fraction of sp³-hybridized carbons (Fsp3) is 0.652. The minimum absolute atomic E-state index is 0.0964. The van der Waals surface area contributed by atoms with E-state index in [0.717, 1.165) is 42.4 Å². The molecule has 1 fully saturated rings. The summed E-state index contributed by atoms with van der Waals surface area (Å²) in [7, 11) is 0. The molecule has 1 amide bonds. The van der Waals surface area contributed by atoms with Crippen molar-refractivity contribution < 1.29 is 14.7 Å². The molecule has 0 aromatic rings. The van der Waals surface area contributed by atoms with Gasteiger partial charge in [0.2, 0.25) is 5.91 Å². The molecule has 4 N–H and O–H groups in total. The molecule has 0 aliphatic heterocycles. The van der Waals surface area contributed by atoms with E-state index in [1.165, 1.54) is 5.57 Å². The number of allylic oxidation sites excluding steroid dienone is 4. The number of carbonyl (C=O) groups is 2. The molecule has 0 aromatic carbocycles. The Morgan fingerprint density at radius 1 is 1.32 bits per heavy atom. The SMILES string of the molecule is CC1=C(CCCNC(=O)C(N)CC(C)C)C2=C(C)C3(CC3)[C@@](C)(O)C(=O)C2=C1. The highest BCUT2D eigenvalue weighted by Gasteiger charge is 2.64. The predicted molar refractivity (Wildman–Crippen MR) is 110 cm³/mol. The fourth-order valence-corrected chi connectivity index (χ4v) is 4.96. The summed E-state index contributed by atoms with van der Waals surface area (Å²) in [6.07, 6.45) is 5.93. The normalized spacial score (nSPS) is 26.7. The molecule has 3 rings (SSSR count). The van der Waals surface area contributed by atoms with Crippen molar-refractivity contribution in [2.75, 3.05) is 6.54 Å². The molecular formula is C23H34N2O3. The first-order valence-electron chi connectivity index (χ1n) is 10.5. The van der Waals surface area contributed by atoms with Gasteiger partial charge in [0.15, 0.2) is 5.78 Å². The van der Waals surface area contributed by atoms with E-state index >= 15 is 0 Å². The van der Waals surface area contributed by atoms with Crippen LogP contribution < -0.4 is 11.1 Å². The largest absolute Gasteiger partial charge is 0.381 e. The Morgan fingerprint density at radius 2 is 1.96 bits per heavy atom. The van der Waals surface area contributed by atoms with Gasteiger partial charge < -0.3 is 16.2 Å². The first-order chi connectivity index (χ1) is 13.0. The van der Waals surface area contributed by atoms with Crippen molar-refractivity contribution in [3.63, 3.8) is 0 Å². The van der Waals surface area contributed by atoms with Crippen molar-refractivity contribution in [3.05, 3.63) is 33.9 Å². The van der Waals surface area contributed by atoms with E-state index in [4.69, 9.17) is 5.73 Å². The van der Waals surface area contributed by atoms with Crippen LogP contribution in [0.5, 0.6) is 0 Å². The average molecular weight is 387 g/mol. The van der Waals surface area contributed by atoms with Crippen molar-refractivity contribution in [3.8, 4) is 0 Å². The number of ketones is 1. The number of nitrogens with two attached hydrogens (primary N) is 1. The van der Waals surface area contributed by atoms with Gasteiger partial charge in [0.25, 0.3) is 0 Å². The summed E-state index contributed by atoms with van der Waals surface area (Å²) in [6.45, 7) is 10.5. The number of Topliss-reactive ketones (excluding diaryl/α,β-unsaturated/α-hetero) is 1. The molecule has 5 nitrogen and oxygen atoms in total. The second kappa shape index (κ2) is 7.27. The minimum Gasteiger partial charge on any atom is -0.381 e. The number of carbonyl (C=O) groups excluding carboxylic acids is 2. The van der Waals surface area contributed by atoms with Crippen molar-refractivity contribution in [1.29, 1.82) is 0 Å². The van der Waals surface area contributed by atoms with E-state index in [9.17, 15) is 14.7 Å². The van der Waals surface area contributed by atoms with Gasteiger partial charge in [-0.1, -0.05) is 19.4 Å². The molecule has 0 heterocycles. The first-order valence-corrected chi connectivity index (χ1v) is 10.5. The number of fused-ring (bicyclic) bond motifs is 1. The third kappa shape index (κ3) is 3.29. The average Bonchev–Trinajstić information content (AvgIpc) is 3.36. The van der Waals surface area contributed by atoms with Crippen LogP contribution in [0, 0.1) is 11.3 Å². The van der Waals surface area contributed by atoms with Gasteiger partial charge in [-0.3, -0.25) is 9.59 Å². The Balaban J connectivity index is 1.66. The summed E-state index contributed by atoms with van der Waals surface area (Å²) >= 11 is 0. The summed E-state index contributed by atoms with van der Waals surface area (Å²) in [5.74, 6) is 0.149. The molecular weight excluding hydrogens is 352 g/mol. The summed E-state index contributed by atoms with van der Waals surface area (Å²) in [4.78, 5) is 25.0. The van der Waals surface area contributed by atoms with Gasteiger partial charge in [-0.25, -0.2) is 0 Å². The van der Waals surface area contributed by atoms with E-state index in [1.807, 2.05) is 13.0 Å². The lowest BCUT2D eigenvalue weighted by Crippen LogP contribution is -2.49. The highest BCUT2D eigenvalue weighted by Crippen LogP contribution is 2.65. The molecule has 1 spiro atoms. The van der Waals surface area contributed by atoms with Crippen molar-refractivity contribution in [2.24, 2.45) is 17.1 Å². The van der Waals surface area contributed by atoms with E-state index in [-0.39, 0.29) is 17.1 Å². The maximum Gasteiger partial charge on any atom is 0.236 e. The van der Waals surface area contributed by atoms with Crippen LogP contribution in [0.1, 0.15) is 66.7 Å². The van der Waals surface area contributed by atoms with E-state index in [0.29, 0.717) is 24.5 Å². The van der Waals surface area contributed by atoms with E-state index < -0.39 is 11.6 Å². The highest BCUT2D eigenvalue weighted by molar-refractivity contribution is 6.10. The molecule has 3 aliphatic rings. The Labute approximate surface area is 168 Å². The van der Waals surface area contributed by atoms with Gasteiger partial charge in [-0.2, -0.15) is 0 Å². The van der Waals surface area contributed by atoms with Gasteiger partial charge in [0.1, 0.15) is 5.60 Å². The molecule has 154 valence electrons. The molecule has 0 bridgehead atoms. The lowest BCUT2D eigenvalue weighted by Gasteiger charge is -2.39. The first kappa shape index (κ1) is 21.0. The molecule has 3 aliphatic carbocycles. The predicted octanol–water partition coefficient (Wildman–Crippen LogP) is 2.94. The molecule has 0 radical (unpaired) electrons. The van der Waals surface area contributed by atoms with Crippen LogP contribution in [0.3, 0.4) is 0 Å². The Hall–Kier alpha value is -1.72. The van der Waals surface area contributed by atoms with Crippen LogP contribution in [0.4, 0.5) is 0 Å². The van der Waals surface area contributed by atoms with Crippen molar-refractivity contribution in [2.45, 2.75) is 78.4 Å². The molecule has 0 aromatic heterocycles. The van der Waals surface area contributed by atoms with Crippen LogP contribution in [0.2, 0.25) is 0 Å². The Kier molecular flexibility index (Phi) is 5.45. The second-order valence-electron chi connectivity index (χ2n) is 9.33. The Morgan fingerprint density at radius 3 is 2.54 bits per heavy atom. The van der Waals surface area contributed by atoms with Gasteiger partial charge in [0, 0.05) is 17.5 Å². The van der Waals surface area contributed by atoms with E-state index in [2.05, 4.69) is 26.1 Å². The number of aliphatic hydroxyl groups is 1. The highest BCUT2D eigenvalue weighted by atomic mass is 16.3. The zero-order valence-corrected chi connectivity index (χ0v) is 17.8. The van der Waals surface area contributed by atoms with E-state index in [1.54, 1.807) is 6.92 Å². The number of hydrogen-bond acceptors (Lipinski definition) is 4. The van der Waals surface area contributed by atoms with Crippen LogP contribution in [-0.2, 0) is 9.59 Å². The zero-order valence-electron chi connectivity index (χ0n) is 17.8. The zero-order chi connectivity index (χ0) is 20.9. The number of hydrogen-bond donors (Lipinski definition) is 3. The molecule has 5 heteroatoms. The number of amides is 1. The van der Waals surface area contributed by atoms with Crippen LogP contribution in [-0.4, -0.2) is 35.0 Å². The summed E-state index contributed by atoms with van der Waals surface area (Å²) < 4.78 is 0. The maximum absolute atomic E-state index is 13.0. The van der Waals surface area contributed by atoms with Gasteiger partial charge in [0.05, 0.1) is 6.04 Å². The van der Waals surface area contributed by atoms with Gasteiger partial charge in [-0.15, -0.1) is 0 Å². The molecule has 1 unspecified atom stereocenters. The van der Waals surface area contributed by atoms with Gasteiger partial charge >= 0.3 is 0 Å². The third-order valence-corrected chi connectivity index (χ3v) is 6.83. The Bertz CT molecular complexity index is 795. The smallest absolute Gasteiger partial charge is 0.236 e. The lowest BCUT2D eigenvalue weighted by atomic mass is 9.67. The topological polar surface area (TPSA) is 92.4 Å². The lowest BCUT2D eigenvalue weighted by molar-refractivity contribution is -0.137. The summed E-state index contributed by atoms with van der Waals surface area (Å²) in [5, 5.41) is 13.8. The van der Waals surface area contributed by atoms with Crippen LogP contribution in [0.15, 0.2) is 33.9 Å². The number of rotatable bonds is 7. The molecule has 1 saturated carbocycles. The fourth-order valence-electron chi connectivity index (χ4n) is 4.96. The quantitative estimate of drug-likeness (QED) is 0.587. The maximum atomic E-state index is 13.0. The van der Waals surface area contributed by atoms with Crippen LogP contribution in [0.25, 0.3) is 0 Å². The van der Waals surface area contributed by atoms with Crippen LogP contribution >= 0.6 is 0 Å². The number of nitrogens with one attached hydrogen (secondary N) is 1. The van der Waals surface area contributed by atoms with Gasteiger partial charge in [-0.05, 0) is 81.6 Å². The van der Waals surface area contributed by atoms with Crippen molar-refractivity contribution in [1.82, 2.24) is 5.32 Å². The monoisotopic (exact) mass is 386 g/mol. The molecule has 2 atom stereocenters. The third-order valence-electron chi connectivity index (χ3n) is 6.83. The minimum atomic E-state index is -1.30. The summed E-state index contributed by atoms with van der Waals surface area (Å²) in [5.41, 5.74) is 9.38. The standard InChI is InChI=1S/C23H34N2O3/c1-13(2)11-18(24)21(27)25-10-6-7-16-14(3)12-17-19(16)15(4)23(8-9-23)22(5,28)20(17)26/h12-13,18,28H,6-11,24H2,1-5H3,(H,25,27)/t18?,22-/m0/s1. The second-order valence-corrected chi connectivity index (χ2v) is 9.33. The molecule has 28 heavy (non-hydrogen) atoms. The molecule has 0 saturated heterocycles. The van der Waals surface area contributed by atoms with Crippen molar-refractivity contribution >= 4 is 11.7 Å². The summed E-state index contributed by atoms with van der Waals surface area (Å²) in [6, 6.07) is -0.460.